The first-order valence-corrected chi connectivity index (χ1v) is 3.03. The van der Waals surface area contributed by atoms with Crippen LogP contribution in [-0.2, 0) is 35.4 Å². The Hall–Kier alpha value is 0.210. The summed E-state index contributed by atoms with van der Waals surface area (Å²) < 4.78 is 0. The number of carbonyl (C=O) groups is 2. The average Bonchev–Trinajstić information content (AvgIpc) is 1.87. The predicted molar refractivity (Wildman–Crippen MR) is 60.6 cm³/mol. The summed E-state index contributed by atoms with van der Waals surface area (Å²) in [4.78, 5) is 21.0. The van der Waals surface area contributed by atoms with E-state index in [0.29, 0.717) is 6.42 Å². The van der Waals surface area contributed by atoms with Crippen LogP contribution in [0.4, 0.5) is 0 Å². The standard InChI is InChI=1S/C7H11O2.4CH3.Sc/c1-3-6(8)5-7(9)4-2;;;;;/h1,3-5H2,2H3;4*1H3;/q5*-1;. The maximum absolute atomic E-state index is 10.5. The number of hydrogen-bond acceptors (Lipinski definition) is 2. The van der Waals surface area contributed by atoms with Gasteiger partial charge in [0.15, 0.2) is 0 Å². The van der Waals surface area contributed by atoms with E-state index in [9.17, 15) is 9.59 Å². The molecule has 0 saturated heterocycles. The summed E-state index contributed by atoms with van der Waals surface area (Å²) in [5.74, 6) is -0.0644. The molecule has 0 saturated carbocycles. The predicted octanol–water partition coefficient (Wildman–Crippen LogP) is 2.95. The van der Waals surface area contributed by atoms with Crippen LogP contribution in [0.15, 0.2) is 0 Å². The second-order valence-electron chi connectivity index (χ2n) is 1.86. The topological polar surface area (TPSA) is 34.1 Å². The zero-order valence-corrected chi connectivity index (χ0v) is 12.0. The smallest absolute Gasteiger partial charge is 0.139 e. The third-order valence-electron chi connectivity index (χ3n) is 1.07. The molecule has 2 nitrogen and oxygen atoms in total. The Kier molecular flexibility index (Phi) is 61.0. The Labute approximate surface area is 110 Å². The van der Waals surface area contributed by atoms with E-state index in [4.69, 9.17) is 0 Å². The average molecular weight is 232 g/mol. The van der Waals surface area contributed by atoms with E-state index in [1.165, 1.54) is 0 Å². The van der Waals surface area contributed by atoms with Gasteiger partial charge in [-0.1, -0.05) is 6.92 Å². The van der Waals surface area contributed by atoms with E-state index in [1.54, 1.807) is 6.92 Å². The van der Waals surface area contributed by atoms with Crippen LogP contribution in [0.5, 0.6) is 0 Å². The van der Waals surface area contributed by atoms with E-state index in [1.807, 2.05) is 0 Å². The molecular weight excluding hydrogens is 209 g/mol. The number of ketones is 2. The third kappa shape index (κ3) is 22.8. The maximum atomic E-state index is 10.5. The van der Waals surface area contributed by atoms with Gasteiger partial charge in [0, 0.05) is 32.3 Å². The normalized spacial score (nSPS) is 5.86. The first-order valence-electron chi connectivity index (χ1n) is 3.03. The molecule has 0 fully saturated rings. The van der Waals surface area contributed by atoms with Crippen LogP contribution >= 0.6 is 0 Å². The minimum atomic E-state index is -0.0677. The van der Waals surface area contributed by atoms with Gasteiger partial charge < -0.3 is 41.4 Å². The third-order valence-corrected chi connectivity index (χ3v) is 1.07. The molecule has 0 aromatic rings. The Bertz CT molecular complexity index is 108. The summed E-state index contributed by atoms with van der Waals surface area (Å²) in [6.07, 6.45) is 0.747. The van der Waals surface area contributed by atoms with Crippen LogP contribution < -0.4 is 0 Å². The van der Waals surface area contributed by atoms with E-state index >= 15 is 0 Å². The molecule has 14 heavy (non-hydrogen) atoms. The van der Waals surface area contributed by atoms with E-state index < -0.39 is 0 Å². The fraction of sp³-hybridized carbons (Fsp3) is 0.364. The zero-order valence-electron chi connectivity index (χ0n) is 10.2. The van der Waals surface area contributed by atoms with Crippen molar-refractivity contribution >= 4 is 11.6 Å². The molecule has 0 amide bonds. The van der Waals surface area contributed by atoms with E-state index in [2.05, 4.69) is 6.92 Å². The van der Waals surface area contributed by atoms with Crippen LogP contribution in [-0.4, -0.2) is 11.6 Å². The number of rotatable bonds is 4. The molecule has 0 atom stereocenters. The Morgan fingerprint density at radius 3 is 1.57 bits per heavy atom. The molecule has 0 heterocycles. The SMILES string of the molecule is [CH2-]CC(=O)CC(=O)CC.[CH3-].[CH3-].[CH3-].[CH3-].[Sc]. The molecular formula is C11H23O2Sc-5. The van der Waals surface area contributed by atoms with Crippen LogP contribution in [0, 0.1) is 36.6 Å². The maximum Gasteiger partial charge on any atom is 0.139 e. The summed E-state index contributed by atoms with van der Waals surface area (Å²) in [5, 5.41) is 0. The second-order valence-corrected chi connectivity index (χ2v) is 1.86. The Morgan fingerprint density at radius 2 is 1.36 bits per heavy atom. The summed E-state index contributed by atoms with van der Waals surface area (Å²) in [6.45, 7) is 5.12. The summed E-state index contributed by atoms with van der Waals surface area (Å²) in [6, 6.07) is 0. The van der Waals surface area contributed by atoms with Crippen molar-refractivity contribution in [3.8, 4) is 0 Å². The van der Waals surface area contributed by atoms with Gasteiger partial charge in [-0.05, 0) is 0 Å². The van der Waals surface area contributed by atoms with Gasteiger partial charge in [-0.15, -0.1) is 6.42 Å². The van der Waals surface area contributed by atoms with Gasteiger partial charge in [-0.25, -0.2) is 0 Å². The largest absolute Gasteiger partial charge is 0.358 e. The molecule has 0 rings (SSSR count). The summed E-state index contributed by atoms with van der Waals surface area (Å²) >= 11 is 0. The molecule has 0 aliphatic carbocycles. The van der Waals surface area contributed by atoms with Crippen molar-refractivity contribution in [3.05, 3.63) is 36.6 Å². The van der Waals surface area contributed by atoms with E-state index in [0.717, 1.165) is 0 Å². The van der Waals surface area contributed by atoms with Crippen LogP contribution in [0.1, 0.15) is 26.2 Å². The second kappa shape index (κ2) is 23.2. The van der Waals surface area contributed by atoms with Crippen molar-refractivity contribution in [2.24, 2.45) is 0 Å². The number of Topliss-reactive ketones (excluding diaryl/α,β-unsaturated/α-hetero) is 2. The molecule has 87 valence electrons. The molecule has 0 bridgehead atoms. The number of hydrogen-bond donors (Lipinski definition) is 0. The monoisotopic (exact) mass is 232 g/mol. The Morgan fingerprint density at radius 1 is 1.00 bits per heavy atom. The first-order chi connectivity index (χ1) is 4.20. The molecule has 0 aliphatic rings. The fourth-order valence-electron chi connectivity index (χ4n) is 0.433. The minimum Gasteiger partial charge on any atom is -0.358 e. The molecule has 3 heteroatoms. The molecule has 0 N–H and O–H groups in total. The van der Waals surface area contributed by atoms with Gasteiger partial charge in [-0.3, -0.25) is 4.79 Å². The molecule has 0 spiro atoms. The molecule has 0 aliphatic heterocycles. The van der Waals surface area contributed by atoms with Gasteiger partial charge in [-0.2, -0.15) is 0 Å². The first kappa shape index (κ1) is 36.8. The minimum absolute atomic E-state index is 0. The quantitative estimate of drug-likeness (QED) is 0.551. The van der Waals surface area contributed by atoms with Gasteiger partial charge in [0.2, 0.25) is 0 Å². The van der Waals surface area contributed by atoms with Gasteiger partial charge in [0.1, 0.15) is 11.6 Å². The van der Waals surface area contributed by atoms with Crippen molar-refractivity contribution in [1.29, 1.82) is 0 Å². The number of carbonyl (C=O) groups excluding carboxylic acids is 2. The molecule has 0 aromatic carbocycles. The van der Waals surface area contributed by atoms with Crippen molar-refractivity contribution in [1.82, 2.24) is 0 Å². The van der Waals surface area contributed by atoms with Crippen molar-refractivity contribution in [2.45, 2.75) is 26.2 Å². The van der Waals surface area contributed by atoms with Crippen LogP contribution in [0.3, 0.4) is 0 Å². The van der Waals surface area contributed by atoms with Crippen LogP contribution in [0.2, 0.25) is 0 Å². The van der Waals surface area contributed by atoms with Crippen LogP contribution in [0.25, 0.3) is 0 Å². The molecule has 1 radical (unpaired) electrons. The van der Waals surface area contributed by atoms with Gasteiger partial charge in [0.05, 0.1) is 6.42 Å². The Balaban J connectivity index is -0.0000000320. The zero-order chi connectivity index (χ0) is 7.28. The van der Waals surface area contributed by atoms with Crippen molar-refractivity contribution in [2.75, 3.05) is 0 Å². The van der Waals surface area contributed by atoms with Crippen molar-refractivity contribution < 1.29 is 35.4 Å². The van der Waals surface area contributed by atoms with E-state index in [-0.39, 0.29) is 80.0 Å². The summed E-state index contributed by atoms with van der Waals surface area (Å²) in [5.41, 5.74) is 0. The van der Waals surface area contributed by atoms with Gasteiger partial charge in [0.25, 0.3) is 0 Å². The van der Waals surface area contributed by atoms with Gasteiger partial charge >= 0.3 is 0 Å². The fourth-order valence-corrected chi connectivity index (χ4v) is 0.433. The molecule has 0 unspecified atom stereocenters. The summed E-state index contributed by atoms with van der Waals surface area (Å²) in [7, 11) is 0. The van der Waals surface area contributed by atoms with Crippen molar-refractivity contribution in [3.63, 3.8) is 0 Å². The molecule has 0 aromatic heterocycles.